The Hall–Kier alpha value is -2.90. The van der Waals surface area contributed by atoms with E-state index in [0.717, 1.165) is 73.7 Å². The zero-order valence-corrected chi connectivity index (χ0v) is 19.3. The molecule has 0 bridgehead atoms. The predicted molar refractivity (Wildman–Crippen MR) is 128 cm³/mol. The molecular weight excluding hydrogens is 402 g/mol. The van der Waals surface area contributed by atoms with Gasteiger partial charge in [-0.1, -0.05) is 12.1 Å². The second-order valence-electron chi connectivity index (χ2n) is 8.52. The lowest BCUT2D eigenvalue weighted by Crippen LogP contribution is -2.41. The van der Waals surface area contributed by atoms with E-state index in [9.17, 15) is 0 Å². The first-order valence-corrected chi connectivity index (χ1v) is 11.3. The number of rotatable bonds is 9. The third-order valence-electron chi connectivity index (χ3n) is 5.89. The molecule has 1 fully saturated rings. The number of hydrogen-bond acceptors (Lipinski definition) is 7. The highest BCUT2D eigenvalue weighted by atomic mass is 16.5. The molecule has 7 heteroatoms. The van der Waals surface area contributed by atoms with Crippen LogP contribution in [-0.4, -0.2) is 79.4 Å². The third kappa shape index (κ3) is 5.66. The normalized spacial score (nSPS) is 15.3. The number of aryl methyl sites for hydroxylation is 1. The SMILES string of the molecule is Cc1c(C=NN2CCN(C)CC2)oc2cccc(OCCCN(C)Cc3cccnc3)c12. The molecule has 170 valence electrons. The largest absolute Gasteiger partial charge is 0.493 e. The molecule has 1 aromatic carbocycles. The summed E-state index contributed by atoms with van der Waals surface area (Å²) in [6.45, 7) is 8.53. The third-order valence-corrected chi connectivity index (χ3v) is 5.89. The first-order valence-electron chi connectivity index (χ1n) is 11.3. The monoisotopic (exact) mass is 435 g/mol. The van der Waals surface area contributed by atoms with E-state index < -0.39 is 0 Å². The topological polar surface area (TPSA) is 57.3 Å². The van der Waals surface area contributed by atoms with Gasteiger partial charge in [-0.25, -0.2) is 0 Å². The first-order chi connectivity index (χ1) is 15.6. The van der Waals surface area contributed by atoms with Crippen LogP contribution >= 0.6 is 0 Å². The van der Waals surface area contributed by atoms with E-state index in [0.29, 0.717) is 6.61 Å². The number of hydrogen-bond donors (Lipinski definition) is 0. The van der Waals surface area contributed by atoms with Crippen LogP contribution in [-0.2, 0) is 6.54 Å². The van der Waals surface area contributed by atoms with E-state index >= 15 is 0 Å². The summed E-state index contributed by atoms with van der Waals surface area (Å²) in [5.41, 5.74) is 3.14. The van der Waals surface area contributed by atoms with Gasteiger partial charge in [0.25, 0.3) is 0 Å². The highest BCUT2D eigenvalue weighted by Crippen LogP contribution is 2.32. The first kappa shape index (κ1) is 22.3. The number of likely N-dealkylation sites (N-methyl/N-ethyl adjacent to an activating group) is 1. The molecule has 0 amide bonds. The summed E-state index contributed by atoms with van der Waals surface area (Å²) in [5.74, 6) is 1.67. The Morgan fingerprint density at radius 3 is 2.81 bits per heavy atom. The Bertz CT molecular complexity index is 1030. The minimum absolute atomic E-state index is 0.659. The maximum absolute atomic E-state index is 6.16. The van der Waals surface area contributed by atoms with Crippen LogP contribution in [0.2, 0.25) is 0 Å². The molecule has 32 heavy (non-hydrogen) atoms. The standard InChI is InChI=1S/C25H33N5O2/c1-20-24(18-27-30-14-12-28(2)13-15-30)32-23-9-4-8-22(25(20)23)31-16-6-11-29(3)19-21-7-5-10-26-17-21/h4-5,7-10,17-18H,6,11-16,19H2,1-3H3. The average molecular weight is 436 g/mol. The molecule has 0 N–H and O–H groups in total. The van der Waals surface area contributed by atoms with Crippen LogP contribution in [0.4, 0.5) is 0 Å². The Kier molecular flexibility index (Phi) is 7.39. The van der Waals surface area contributed by atoms with Crippen molar-refractivity contribution in [1.82, 2.24) is 19.8 Å². The summed E-state index contributed by atoms with van der Waals surface area (Å²) in [6.07, 6.45) is 6.51. The summed E-state index contributed by atoms with van der Waals surface area (Å²) in [6, 6.07) is 10.1. The van der Waals surface area contributed by atoms with Gasteiger partial charge < -0.3 is 19.0 Å². The molecule has 7 nitrogen and oxygen atoms in total. The lowest BCUT2D eigenvalue weighted by Gasteiger charge is -2.30. The molecule has 2 aromatic heterocycles. The molecule has 1 aliphatic rings. The predicted octanol–water partition coefficient (Wildman–Crippen LogP) is 3.62. The summed E-state index contributed by atoms with van der Waals surface area (Å²) in [4.78, 5) is 8.79. The average Bonchev–Trinajstić information content (AvgIpc) is 3.13. The van der Waals surface area contributed by atoms with Crippen LogP contribution in [0.25, 0.3) is 11.0 Å². The number of piperazine rings is 1. The molecule has 0 atom stereocenters. The molecule has 1 aliphatic heterocycles. The van der Waals surface area contributed by atoms with Gasteiger partial charge in [0.15, 0.2) is 5.76 Å². The fourth-order valence-electron chi connectivity index (χ4n) is 3.97. The van der Waals surface area contributed by atoms with Gasteiger partial charge in [-0.3, -0.25) is 9.99 Å². The van der Waals surface area contributed by atoms with Crippen LogP contribution in [0.15, 0.2) is 52.2 Å². The highest BCUT2D eigenvalue weighted by Gasteiger charge is 2.15. The van der Waals surface area contributed by atoms with Crippen LogP contribution < -0.4 is 4.74 Å². The quantitative estimate of drug-likeness (QED) is 0.378. The molecular formula is C25H33N5O2. The van der Waals surface area contributed by atoms with Gasteiger partial charge in [0.1, 0.15) is 11.3 Å². The van der Waals surface area contributed by atoms with Gasteiger partial charge in [0, 0.05) is 57.2 Å². The number of ether oxygens (including phenoxy) is 1. The minimum Gasteiger partial charge on any atom is -0.493 e. The number of pyridine rings is 1. The number of furan rings is 1. The van der Waals surface area contributed by atoms with Crippen molar-refractivity contribution in [2.24, 2.45) is 5.10 Å². The minimum atomic E-state index is 0.659. The fraction of sp³-hybridized carbons (Fsp3) is 0.440. The molecule has 3 aromatic rings. The fourth-order valence-corrected chi connectivity index (χ4v) is 3.97. The van der Waals surface area contributed by atoms with Crippen LogP contribution in [0.5, 0.6) is 5.75 Å². The van der Waals surface area contributed by atoms with Crippen molar-refractivity contribution >= 4 is 17.2 Å². The van der Waals surface area contributed by atoms with E-state index in [2.05, 4.69) is 52.0 Å². The molecule has 0 aliphatic carbocycles. The van der Waals surface area contributed by atoms with Crippen molar-refractivity contribution in [3.05, 3.63) is 59.6 Å². The smallest absolute Gasteiger partial charge is 0.151 e. The molecule has 0 unspecified atom stereocenters. The van der Waals surface area contributed by atoms with Crippen LogP contribution in [0.3, 0.4) is 0 Å². The molecule has 0 spiro atoms. The number of nitrogens with zero attached hydrogens (tertiary/aromatic N) is 5. The van der Waals surface area contributed by atoms with Gasteiger partial charge >= 0.3 is 0 Å². The Labute approximate surface area is 190 Å². The van der Waals surface area contributed by atoms with Crippen molar-refractivity contribution in [3.63, 3.8) is 0 Å². The number of hydrazone groups is 1. The lowest BCUT2D eigenvalue weighted by atomic mass is 10.1. The van der Waals surface area contributed by atoms with Gasteiger partial charge in [0.05, 0.1) is 18.2 Å². The lowest BCUT2D eigenvalue weighted by molar-refractivity contribution is 0.159. The Morgan fingerprint density at radius 2 is 2.03 bits per heavy atom. The molecule has 1 saturated heterocycles. The maximum atomic E-state index is 6.16. The summed E-state index contributed by atoms with van der Waals surface area (Å²) >= 11 is 0. The second-order valence-corrected chi connectivity index (χ2v) is 8.52. The Balaban J connectivity index is 1.34. The van der Waals surface area contributed by atoms with Crippen molar-refractivity contribution in [2.45, 2.75) is 19.9 Å². The van der Waals surface area contributed by atoms with E-state index in [-0.39, 0.29) is 0 Å². The van der Waals surface area contributed by atoms with E-state index in [1.165, 1.54) is 5.56 Å². The highest BCUT2D eigenvalue weighted by molar-refractivity contribution is 5.94. The van der Waals surface area contributed by atoms with E-state index in [1.807, 2.05) is 36.7 Å². The number of aromatic nitrogens is 1. The number of fused-ring (bicyclic) bond motifs is 1. The molecule has 3 heterocycles. The van der Waals surface area contributed by atoms with Gasteiger partial charge in [-0.15, -0.1) is 0 Å². The van der Waals surface area contributed by atoms with E-state index in [1.54, 1.807) is 6.20 Å². The van der Waals surface area contributed by atoms with Crippen molar-refractivity contribution in [1.29, 1.82) is 0 Å². The van der Waals surface area contributed by atoms with Gasteiger partial charge in [0.2, 0.25) is 0 Å². The van der Waals surface area contributed by atoms with Gasteiger partial charge in [-0.2, -0.15) is 5.10 Å². The molecule has 0 radical (unpaired) electrons. The Morgan fingerprint density at radius 1 is 1.19 bits per heavy atom. The van der Waals surface area contributed by atoms with Crippen molar-refractivity contribution < 1.29 is 9.15 Å². The summed E-state index contributed by atoms with van der Waals surface area (Å²) < 4.78 is 12.2. The molecule has 4 rings (SSSR count). The summed E-state index contributed by atoms with van der Waals surface area (Å²) in [5, 5.41) is 7.78. The zero-order chi connectivity index (χ0) is 22.3. The maximum Gasteiger partial charge on any atom is 0.151 e. The van der Waals surface area contributed by atoms with Crippen LogP contribution in [0, 0.1) is 6.92 Å². The van der Waals surface area contributed by atoms with E-state index in [4.69, 9.17) is 9.15 Å². The van der Waals surface area contributed by atoms with Gasteiger partial charge in [-0.05, 0) is 51.2 Å². The van der Waals surface area contributed by atoms with Crippen molar-refractivity contribution in [3.8, 4) is 5.75 Å². The van der Waals surface area contributed by atoms with Crippen molar-refractivity contribution in [2.75, 3.05) is 53.4 Å². The van der Waals surface area contributed by atoms with Crippen LogP contribution in [0.1, 0.15) is 23.3 Å². The summed E-state index contributed by atoms with van der Waals surface area (Å²) in [7, 11) is 4.27. The zero-order valence-electron chi connectivity index (χ0n) is 19.3. The second kappa shape index (κ2) is 10.6. The molecule has 0 saturated carbocycles. The number of benzene rings is 1.